The van der Waals surface area contributed by atoms with E-state index in [9.17, 15) is 9.90 Å². The van der Waals surface area contributed by atoms with E-state index in [2.05, 4.69) is 18.0 Å². The Morgan fingerprint density at radius 3 is 3.00 bits per heavy atom. The average molecular weight is 285 g/mol. The molecule has 0 aromatic heterocycles. The lowest BCUT2D eigenvalue weighted by molar-refractivity contribution is 0.00279. The van der Waals surface area contributed by atoms with E-state index < -0.39 is 5.97 Å². The van der Waals surface area contributed by atoms with Gasteiger partial charge in [0.1, 0.15) is 0 Å². The fourth-order valence-corrected chi connectivity index (χ4v) is 5.33. The van der Waals surface area contributed by atoms with Crippen LogP contribution in [0.5, 0.6) is 0 Å². The van der Waals surface area contributed by atoms with Gasteiger partial charge >= 0.3 is 5.97 Å². The lowest BCUT2D eigenvalue weighted by Crippen LogP contribution is -2.59. The number of hydrogen-bond acceptors (Lipinski definition) is 2. The number of piperidine rings is 1. The van der Waals surface area contributed by atoms with Crippen molar-refractivity contribution in [3.8, 4) is 0 Å². The highest BCUT2D eigenvalue weighted by Crippen LogP contribution is 2.55. The molecule has 1 aromatic carbocycles. The summed E-state index contributed by atoms with van der Waals surface area (Å²) in [7, 11) is 2.26. The minimum atomic E-state index is -0.795. The Morgan fingerprint density at radius 2 is 2.19 bits per heavy atom. The Morgan fingerprint density at radius 1 is 1.33 bits per heavy atom. The van der Waals surface area contributed by atoms with Gasteiger partial charge in [0.05, 0.1) is 5.56 Å². The number of carboxylic acid groups (broad SMARTS) is 1. The molecule has 3 aliphatic rings. The fraction of sp³-hybridized carbons (Fsp3) is 0.611. The van der Waals surface area contributed by atoms with Crippen LogP contribution in [0, 0.1) is 5.92 Å². The van der Waals surface area contributed by atoms with Gasteiger partial charge in [-0.05, 0) is 68.5 Å². The van der Waals surface area contributed by atoms with Crippen LogP contribution >= 0.6 is 0 Å². The van der Waals surface area contributed by atoms with E-state index >= 15 is 0 Å². The van der Waals surface area contributed by atoms with Gasteiger partial charge in [0.25, 0.3) is 0 Å². The number of benzene rings is 1. The standard InChI is InChI=1S/C18H23NO2/c1-19-9-8-18-7-3-2-4-14(18)16(19)11-12-5-6-13(17(20)21)10-15(12)18/h5-6,10,14,16H,2-4,7-9,11H2,1H3,(H,20,21)/t14-,16?,18?/m1/s1. The summed E-state index contributed by atoms with van der Waals surface area (Å²) in [4.78, 5) is 13.9. The van der Waals surface area contributed by atoms with E-state index in [4.69, 9.17) is 0 Å². The first-order valence-corrected chi connectivity index (χ1v) is 8.19. The van der Waals surface area contributed by atoms with Crippen molar-refractivity contribution in [2.24, 2.45) is 5.92 Å². The van der Waals surface area contributed by atoms with Crippen molar-refractivity contribution in [3.63, 3.8) is 0 Å². The van der Waals surface area contributed by atoms with Gasteiger partial charge in [-0.3, -0.25) is 0 Å². The van der Waals surface area contributed by atoms with Gasteiger partial charge < -0.3 is 10.0 Å². The van der Waals surface area contributed by atoms with Gasteiger partial charge in [0.15, 0.2) is 0 Å². The normalized spacial score (nSPS) is 34.9. The molecule has 0 amide bonds. The zero-order valence-electron chi connectivity index (χ0n) is 12.6. The van der Waals surface area contributed by atoms with Crippen molar-refractivity contribution in [3.05, 3.63) is 34.9 Å². The molecule has 2 fully saturated rings. The number of nitrogens with zero attached hydrogens (tertiary/aromatic N) is 1. The van der Waals surface area contributed by atoms with Crippen molar-refractivity contribution in [1.29, 1.82) is 0 Å². The van der Waals surface area contributed by atoms with E-state index in [1.54, 1.807) is 6.07 Å². The molecule has 1 N–H and O–H groups in total. The molecule has 3 atom stereocenters. The minimum Gasteiger partial charge on any atom is -0.478 e. The van der Waals surface area contributed by atoms with Crippen LogP contribution < -0.4 is 0 Å². The summed E-state index contributed by atoms with van der Waals surface area (Å²) in [5, 5.41) is 9.34. The Hall–Kier alpha value is -1.35. The van der Waals surface area contributed by atoms with Crippen LogP contribution in [0.25, 0.3) is 0 Å². The van der Waals surface area contributed by atoms with E-state index in [-0.39, 0.29) is 5.41 Å². The Bertz CT molecular complexity index is 597. The topological polar surface area (TPSA) is 40.5 Å². The predicted molar refractivity (Wildman–Crippen MR) is 81.8 cm³/mol. The summed E-state index contributed by atoms with van der Waals surface area (Å²) < 4.78 is 0. The van der Waals surface area contributed by atoms with Gasteiger partial charge in [-0.1, -0.05) is 18.9 Å². The lowest BCUT2D eigenvalue weighted by Gasteiger charge is -2.58. The molecule has 21 heavy (non-hydrogen) atoms. The second-order valence-electron chi connectivity index (χ2n) is 7.19. The number of fused-ring (bicyclic) bond motifs is 1. The molecule has 1 saturated carbocycles. The molecule has 3 heteroatoms. The summed E-state index contributed by atoms with van der Waals surface area (Å²) >= 11 is 0. The molecular formula is C18H23NO2. The second-order valence-corrected chi connectivity index (χ2v) is 7.19. The third-order valence-electron chi connectivity index (χ3n) is 6.36. The van der Waals surface area contributed by atoms with Crippen LogP contribution in [0.15, 0.2) is 18.2 Å². The van der Waals surface area contributed by atoms with Crippen LogP contribution in [0.4, 0.5) is 0 Å². The van der Waals surface area contributed by atoms with Crippen LogP contribution in [0.1, 0.15) is 53.6 Å². The molecule has 1 heterocycles. The summed E-state index contributed by atoms with van der Waals surface area (Å²) in [6.07, 6.45) is 7.48. The highest BCUT2D eigenvalue weighted by molar-refractivity contribution is 5.88. The molecule has 3 nitrogen and oxygen atoms in total. The molecule has 1 aliphatic heterocycles. The zero-order valence-corrected chi connectivity index (χ0v) is 12.6. The van der Waals surface area contributed by atoms with Crippen LogP contribution in [0.3, 0.4) is 0 Å². The predicted octanol–water partition coefficient (Wildman–Crippen LogP) is 3.07. The number of likely N-dealkylation sites (tertiary alicyclic amines) is 1. The molecule has 2 aliphatic carbocycles. The maximum Gasteiger partial charge on any atom is 0.335 e. The van der Waals surface area contributed by atoms with Gasteiger partial charge in [-0.25, -0.2) is 4.79 Å². The van der Waals surface area contributed by atoms with E-state index in [0.717, 1.165) is 18.9 Å². The smallest absolute Gasteiger partial charge is 0.335 e. The van der Waals surface area contributed by atoms with Crippen molar-refractivity contribution in [2.75, 3.05) is 13.6 Å². The number of carboxylic acids is 1. The van der Waals surface area contributed by atoms with Gasteiger partial charge in [-0.15, -0.1) is 0 Å². The number of likely N-dealkylation sites (N-methyl/N-ethyl adjacent to an activating group) is 1. The monoisotopic (exact) mass is 285 g/mol. The highest BCUT2D eigenvalue weighted by Gasteiger charge is 2.53. The van der Waals surface area contributed by atoms with Crippen LogP contribution in [-0.2, 0) is 11.8 Å². The summed E-state index contributed by atoms with van der Waals surface area (Å²) in [5.74, 6) is -0.0712. The van der Waals surface area contributed by atoms with Crippen LogP contribution in [-0.4, -0.2) is 35.6 Å². The molecule has 2 bridgehead atoms. The summed E-state index contributed by atoms with van der Waals surface area (Å²) in [6, 6.07) is 6.52. The van der Waals surface area contributed by atoms with E-state index in [1.807, 2.05) is 6.07 Å². The van der Waals surface area contributed by atoms with Crippen molar-refractivity contribution in [1.82, 2.24) is 4.90 Å². The molecule has 4 rings (SSSR count). The van der Waals surface area contributed by atoms with Crippen molar-refractivity contribution < 1.29 is 9.90 Å². The second kappa shape index (κ2) is 4.57. The quantitative estimate of drug-likeness (QED) is 0.862. The molecule has 2 unspecified atom stereocenters. The molecule has 0 radical (unpaired) electrons. The van der Waals surface area contributed by atoms with E-state index in [0.29, 0.717) is 11.6 Å². The Balaban J connectivity index is 1.89. The first-order chi connectivity index (χ1) is 10.1. The summed E-state index contributed by atoms with van der Waals surface area (Å²) in [6.45, 7) is 1.15. The Labute approximate surface area is 126 Å². The first-order valence-electron chi connectivity index (χ1n) is 8.19. The van der Waals surface area contributed by atoms with Crippen molar-refractivity contribution >= 4 is 5.97 Å². The van der Waals surface area contributed by atoms with Gasteiger partial charge in [-0.2, -0.15) is 0 Å². The molecule has 112 valence electrons. The highest BCUT2D eigenvalue weighted by atomic mass is 16.4. The number of rotatable bonds is 1. The van der Waals surface area contributed by atoms with Crippen molar-refractivity contribution in [2.45, 2.75) is 50.0 Å². The van der Waals surface area contributed by atoms with Crippen LogP contribution in [0.2, 0.25) is 0 Å². The molecular weight excluding hydrogens is 262 g/mol. The maximum atomic E-state index is 11.4. The molecule has 1 saturated heterocycles. The fourth-order valence-electron chi connectivity index (χ4n) is 5.33. The largest absolute Gasteiger partial charge is 0.478 e. The molecule has 0 spiro atoms. The number of carbonyl (C=O) groups is 1. The minimum absolute atomic E-state index is 0.258. The third kappa shape index (κ3) is 1.80. The van der Waals surface area contributed by atoms with Gasteiger partial charge in [0.2, 0.25) is 0 Å². The summed E-state index contributed by atoms with van der Waals surface area (Å²) in [5.41, 5.74) is 3.49. The zero-order chi connectivity index (χ0) is 14.6. The Kier molecular flexibility index (Phi) is 2.90. The first kappa shape index (κ1) is 13.3. The maximum absolute atomic E-state index is 11.4. The average Bonchev–Trinajstić information content (AvgIpc) is 2.50. The third-order valence-corrected chi connectivity index (χ3v) is 6.36. The molecule has 1 aromatic rings. The van der Waals surface area contributed by atoms with E-state index in [1.165, 1.54) is 43.2 Å². The number of hydrogen-bond donors (Lipinski definition) is 1. The van der Waals surface area contributed by atoms with Gasteiger partial charge in [0, 0.05) is 11.5 Å². The SMILES string of the molecule is CN1CCC23CCCC[C@@H]2C1Cc1ccc(C(=O)O)cc13. The lowest BCUT2D eigenvalue weighted by atomic mass is 9.52. The number of aromatic carboxylic acids is 1.